The summed E-state index contributed by atoms with van der Waals surface area (Å²) in [6.07, 6.45) is 1.57. The molecule has 1 N–H and O–H groups in total. The summed E-state index contributed by atoms with van der Waals surface area (Å²) in [5.41, 5.74) is 1.99. The molecule has 0 aliphatic rings. The zero-order valence-corrected chi connectivity index (χ0v) is 11.3. The molecule has 3 aromatic rings. The number of benzene rings is 2. The zero-order valence-electron chi connectivity index (χ0n) is 11.3. The lowest BCUT2D eigenvalue weighted by Crippen LogP contribution is -2.21. The van der Waals surface area contributed by atoms with Gasteiger partial charge in [-0.1, -0.05) is 54.6 Å². The average molecular weight is 264 g/mol. The summed E-state index contributed by atoms with van der Waals surface area (Å²) in [5, 5.41) is 10.6. The summed E-state index contributed by atoms with van der Waals surface area (Å²) in [7, 11) is 0. The molecule has 0 unspecified atom stereocenters. The summed E-state index contributed by atoms with van der Waals surface area (Å²) in [5.74, 6) is 0.546. The van der Waals surface area contributed by atoms with Crippen molar-refractivity contribution in [3.63, 3.8) is 0 Å². The Bertz CT molecular complexity index is 665. The Morgan fingerprint density at radius 3 is 2.05 bits per heavy atom. The van der Waals surface area contributed by atoms with Gasteiger partial charge < -0.3 is 9.52 Å². The zero-order chi connectivity index (χ0) is 14.0. The van der Waals surface area contributed by atoms with Gasteiger partial charge >= 0.3 is 0 Å². The highest BCUT2D eigenvalue weighted by Crippen LogP contribution is 2.30. The van der Waals surface area contributed by atoms with Crippen molar-refractivity contribution in [2.75, 3.05) is 0 Å². The van der Waals surface area contributed by atoms with Crippen LogP contribution in [0, 0.1) is 0 Å². The molecule has 3 rings (SSSR count). The quantitative estimate of drug-likeness (QED) is 0.769. The topological polar surface area (TPSA) is 33.4 Å². The van der Waals surface area contributed by atoms with Crippen LogP contribution < -0.4 is 0 Å². The monoisotopic (exact) mass is 264 g/mol. The third-order valence-electron chi connectivity index (χ3n) is 3.56. The van der Waals surface area contributed by atoms with Crippen LogP contribution in [0.25, 0.3) is 11.1 Å². The largest absolute Gasteiger partial charge is 0.466 e. The summed E-state index contributed by atoms with van der Waals surface area (Å²) in [4.78, 5) is 0. The lowest BCUT2D eigenvalue weighted by molar-refractivity contribution is 0.0768. The molecule has 0 spiro atoms. The molecule has 0 saturated carbocycles. The molecule has 2 nitrogen and oxygen atoms in total. The van der Waals surface area contributed by atoms with Crippen LogP contribution in [0.5, 0.6) is 0 Å². The highest BCUT2D eigenvalue weighted by atomic mass is 16.4. The van der Waals surface area contributed by atoms with Crippen molar-refractivity contribution in [1.82, 2.24) is 0 Å². The van der Waals surface area contributed by atoms with Gasteiger partial charge in [0.25, 0.3) is 0 Å². The number of rotatable bonds is 3. The van der Waals surface area contributed by atoms with Gasteiger partial charge in [-0.3, -0.25) is 0 Å². The third-order valence-corrected chi connectivity index (χ3v) is 3.56. The van der Waals surface area contributed by atoms with Gasteiger partial charge in [-0.25, -0.2) is 0 Å². The fraction of sp³-hybridized carbons (Fsp3) is 0.111. The maximum absolute atomic E-state index is 10.6. The average Bonchev–Trinajstić information content (AvgIpc) is 3.03. The van der Waals surface area contributed by atoms with Crippen LogP contribution in [0.2, 0.25) is 0 Å². The molecule has 1 heterocycles. The molecule has 0 fully saturated rings. The van der Waals surface area contributed by atoms with E-state index in [1.54, 1.807) is 25.3 Å². The fourth-order valence-corrected chi connectivity index (χ4v) is 2.32. The standard InChI is InChI=1S/C18H16O2/c1-18(19,17-8-5-13-20-17)16-11-9-15(10-12-16)14-6-3-2-4-7-14/h2-13,19H,1H3/t18-/m1/s1. The van der Waals surface area contributed by atoms with Crippen LogP contribution in [0.1, 0.15) is 18.2 Å². The predicted octanol–water partition coefficient (Wildman–Crippen LogP) is 4.20. The van der Waals surface area contributed by atoms with Crippen LogP contribution in [0.15, 0.2) is 77.4 Å². The molecule has 100 valence electrons. The van der Waals surface area contributed by atoms with E-state index in [1.165, 1.54) is 0 Å². The van der Waals surface area contributed by atoms with Gasteiger partial charge in [0.2, 0.25) is 0 Å². The molecule has 0 aliphatic carbocycles. The Labute approximate surface area is 118 Å². The summed E-state index contributed by atoms with van der Waals surface area (Å²) in [6, 6.07) is 21.6. The first-order valence-electron chi connectivity index (χ1n) is 6.60. The molecule has 20 heavy (non-hydrogen) atoms. The SMILES string of the molecule is C[C@@](O)(c1ccc(-c2ccccc2)cc1)c1ccco1. The Balaban J connectivity index is 1.94. The fourth-order valence-electron chi connectivity index (χ4n) is 2.32. The number of furan rings is 1. The molecular weight excluding hydrogens is 248 g/mol. The van der Waals surface area contributed by atoms with Crippen molar-refractivity contribution in [2.24, 2.45) is 0 Å². The van der Waals surface area contributed by atoms with Crippen molar-refractivity contribution in [1.29, 1.82) is 0 Å². The maximum Gasteiger partial charge on any atom is 0.144 e. The van der Waals surface area contributed by atoms with Gasteiger partial charge in [-0.05, 0) is 35.7 Å². The van der Waals surface area contributed by atoms with E-state index in [0.29, 0.717) is 5.76 Å². The highest BCUT2D eigenvalue weighted by Gasteiger charge is 2.28. The van der Waals surface area contributed by atoms with E-state index in [1.807, 2.05) is 42.5 Å². The van der Waals surface area contributed by atoms with E-state index >= 15 is 0 Å². The first kappa shape index (κ1) is 12.7. The van der Waals surface area contributed by atoms with Crippen LogP contribution >= 0.6 is 0 Å². The second-order valence-corrected chi connectivity index (χ2v) is 4.99. The van der Waals surface area contributed by atoms with Crippen LogP contribution in [0.3, 0.4) is 0 Å². The molecule has 0 radical (unpaired) electrons. The molecule has 1 aromatic heterocycles. The van der Waals surface area contributed by atoms with Crippen LogP contribution in [-0.2, 0) is 5.60 Å². The molecule has 0 aliphatic heterocycles. The second-order valence-electron chi connectivity index (χ2n) is 4.99. The van der Waals surface area contributed by atoms with Gasteiger partial charge in [0.15, 0.2) is 0 Å². The lowest BCUT2D eigenvalue weighted by Gasteiger charge is -2.21. The van der Waals surface area contributed by atoms with Gasteiger partial charge in [0, 0.05) is 0 Å². The Kier molecular flexibility index (Phi) is 3.17. The number of hydrogen-bond donors (Lipinski definition) is 1. The van der Waals surface area contributed by atoms with Crippen molar-refractivity contribution < 1.29 is 9.52 Å². The predicted molar refractivity (Wildman–Crippen MR) is 79.3 cm³/mol. The van der Waals surface area contributed by atoms with E-state index in [9.17, 15) is 5.11 Å². The second kappa shape index (κ2) is 4.99. The van der Waals surface area contributed by atoms with Gasteiger partial charge in [0.1, 0.15) is 11.4 Å². The lowest BCUT2D eigenvalue weighted by atomic mass is 9.92. The molecule has 2 heteroatoms. The summed E-state index contributed by atoms with van der Waals surface area (Å²) < 4.78 is 5.32. The van der Waals surface area contributed by atoms with E-state index in [-0.39, 0.29) is 0 Å². The summed E-state index contributed by atoms with van der Waals surface area (Å²) >= 11 is 0. The molecule has 0 amide bonds. The Morgan fingerprint density at radius 1 is 0.800 bits per heavy atom. The minimum Gasteiger partial charge on any atom is -0.466 e. The third kappa shape index (κ3) is 2.26. The van der Waals surface area contributed by atoms with E-state index in [0.717, 1.165) is 16.7 Å². The van der Waals surface area contributed by atoms with Crippen molar-refractivity contribution in [3.8, 4) is 11.1 Å². The number of aliphatic hydroxyl groups is 1. The minimum absolute atomic E-state index is 0.546. The molecule has 2 aromatic carbocycles. The van der Waals surface area contributed by atoms with Crippen molar-refractivity contribution in [3.05, 3.63) is 84.3 Å². The van der Waals surface area contributed by atoms with Gasteiger partial charge in [-0.2, -0.15) is 0 Å². The highest BCUT2D eigenvalue weighted by molar-refractivity contribution is 5.63. The van der Waals surface area contributed by atoms with E-state index < -0.39 is 5.60 Å². The molecule has 1 atom stereocenters. The Morgan fingerprint density at radius 2 is 1.45 bits per heavy atom. The van der Waals surface area contributed by atoms with Crippen molar-refractivity contribution >= 4 is 0 Å². The minimum atomic E-state index is -1.11. The molecular formula is C18H16O2. The van der Waals surface area contributed by atoms with Crippen LogP contribution in [0.4, 0.5) is 0 Å². The van der Waals surface area contributed by atoms with Crippen LogP contribution in [-0.4, -0.2) is 5.11 Å². The maximum atomic E-state index is 10.6. The normalized spacial score (nSPS) is 13.9. The van der Waals surface area contributed by atoms with Gasteiger partial charge in [0.05, 0.1) is 6.26 Å². The van der Waals surface area contributed by atoms with Gasteiger partial charge in [-0.15, -0.1) is 0 Å². The first-order valence-corrected chi connectivity index (χ1v) is 6.60. The first-order chi connectivity index (χ1) is 9.68. The van der Waals surface area contributed by atoms with E-state index in [2.05, 4.69) is 12.1 Å². The molecule has 0 bridgehead atoms. The Hall–Kier alpha value is -2.32. The smallest absolute Gasteiger partial charge is 0.144 e. The number of hydrogen-bond acceptors (Lipinski definition) is 2. The van der Waals surface area contributed by atoms with Crippen molar-refractivity contribution in [2.45, 2.75) is 12.5 Å². The van der Waals surface area contributed by atoms with E-state index in [4.69, 9.17) is 4.42 Å². The molecule has 0 saturated heterocycles. The summed E-state index contributed by atoms with van der Waals surface area (Å²) in [6.45, 7) is 1.74.